The van der Waals surface area contributed by atoms with Gasteiger partial charge in [0.05, 0.1) is 0 Å². The van der Waals surface area contributed by atoms with Crippen LogP contribution in [0.1, 0.15) is 12.8 Å². The van der Waals surface area contributed by atoms with Crippen molar-refractivity contribution in [2.75, 3.05) is 13.2 Å². The average molecular weight is 154 g/mol. The van der Waals surface area contributed by atoms with Gasteiger partial charge in [0.1, 0.15) is 12.6 Å². The van der Waals surface area contributed by atoms with E-state index in [1.807, 2.05) is 0 Å². The summed E-state index contributed by atoms with van der Waals surface area (Å²) in [6, 6.07) is -0.199. The quantitative estimate of drug-likeness (QED) is 0.438. The van der Waals surface area contributed by atoms with Crippen molar-refractivity contribution in [1.82, 2.24) is 5.32 Å². The molecule has 1 unspecified atom stereocenters. The predicted octanol–water partition coefficient (Wildman–Crippen LogP) is 0.482. The molecule has 1 radical (unpaired) electrons. The van der Waals surface area contributed by atoms with E-state index in [0.717, 1.165) is 19.4 Å². The highest BCUT2D eigenvalue weighted by atomic mass is 16.5. The van der Waals surface area contributed by atoms with Crippen LogP contribution in [-0.4, -0.2) is 25.2 Å². The predicted molar refractivity (Wildman–Crippen MR) is 41.2 cm³/mol. The summed E-state index contributed by atoms with van der Waals surface area (Å²) in [7, 11) is 0. The van der Waals surface area contributed by atoms with Crippen molar-refractivity contribution in [3.05, 3.63) is 12.7 Å². The highest BCUT2D eigenvalue weighted by Gasteiger charge is 2.24. The van der Waals surface area contributed by atoms with E-state index >= 15 is 0 Å². The number of ether oxygens (including phenoxy) is 1. The van der Waals surface area contributed by atoms with Crippen molar-refractivity contribution in [3.8, 4) is 0 Å². The third-order valence-electron chi connectivity index (χ3n) is 1.60. The Balaban J connectivity index is 2.22. The Morgan fingerprint density at radius 2 is 2.64 bits per heavy atom. The fourth-order valence-corrected chi connectivity index (χ4v) is 1.05. The van der Waals surface area contributed by atoms with Gasteiger partial charge in [-0.3, -0.25) is 4.79 Å². The molecule has 1 heterocycles. The molecule has 3 nitrogen and oxygen atoms in total. The van der Waals surface area contributed by atoms with Gasteiger partial charge in [0.2, 0.25) is 0 Å². The molecule has 0 aliphatic carbocycles. The maximum Gasteiger partial charge on any atom is 0.325 e. The summed E-state index contributed by atoms with van der Waals surface area (Å²) in [6.45, 7) is 4.55. The lowest BCUT2D eigenvalue weighted by atomic mass is 10.2. The number of carbonyl (C=O) groups excluding carboxylic acids is 1. The van der Waals surface area contributed by atoms with Crippen LogP contribution < -0.4 is 5.32 Å². The maximum atomic E-state index is 11.0. The zero-order chi connectivity index (χ0) is 8.10. The SMILES string of the molecule is C=CCOC(=O)C1CCC[N]1. The van der Waals surface area contributed by atoms with Crippen LogP contribution in [0.2, 0.25) is 0 Å². The van der Waals surface area contributed by atoms with Crippen molar-refractivity contribution in [3.63, 3.8) is 0 Å². The van der Waals surface area contributed by atoms with Crippen LogP contribution in [0.5, 0.6) is 0 Å². The molecule has 0 aromatic heterocycles. The summed E-state index contributed by atoms with van der Waals surface area (Å²) in [4.78, 5) is 11.0. The lowest BCUT2D eigenvalue weighted by molar-refractivity contribution is -0.144. The second-order valence-electron chi connectivity index (χ2n) is 2.48. The number of nitrogens with zero attached hydrogens (tertiary/aromatic N) is 1. The molecule has 0 spiro atoms. The summed E-state index contributed by atoms with van der Waals surface area (Å²) in [5, 5.41) is 4.08. The van der Waals surface area contributed by atoms with E-state index in [9.17, 15) is 4.79 Å². The Kier molecular flexibility index (Phi) is 3.11. The van der Waals surface area contributed by atoms with Crippen LogP contribution in [0.25, 0.3) is 0 Å². The minimum absolute atomic E-state index is 0.199. The minimum Gasteiger partial charge on any atom is -0.460 e. The highest BCUT2D eigenvalue weighted by Crippen LogP contribution is 2.08. The Hall–Kier alpha value is -0.830. The Bertz CT molecular complexity index is 150. The number of carbonyl (C=O) groups is 1. The molecule has 0 amide bonds. The first-order valence-corrected chi connectivity index (χ1v) is 3.78. The molecular formula is C8H12NO2. The first kappa shape index (κ1) is 8.27. The van der Waals surface area contributed by atoms with E-state index in [0.29, 0.717) is 6.61 Å². The van der Waals surface area contributed by atoms with Gasteiger partial charge in [-0.05, 0) is 12.8 Å². The summed E-state index contributed by atoms with van der Waals surface area (Å²) in [5.41, 5.74) is 0. The fourth-order valence-electron chi connectivity index (χ4n) is 1.05. The minimum atomic E-state index is -0.206. The van der Waals surface area contributed by atoms with Crippen molar-refractivity contribution < 1.29 is 9.53 Å². The van der Waals surface area contributed by atoms with E-state index in [1.165, 1.54) is 0 Å². The lowest BCUT2D eigenvalue weighted by Crippen LogP contribution is -2.27. The van der Waals surface area contributed by atoms with Crippen LogP contribution in [0.3, 0.4) is 0 Å². The zero-order valence-corrected chi connectivity index (χ0v) is 6.45. The molecule has 1 rings (SSSR count). The van der Waals surface area contributed by atoms with Gasteiger partial charge < -0.3 is 4.74 Å². The van der Waals surface area contributed by atoms with Crippen LogP contribution in [0.4, 0.5) is 0 Å². The molecule has 61 valence electrons. The smallest absolute Gasteiger partial charge is 0.325 e. The van der Waals surface area contributed by atoms with E-state index in [2.05, 4.69) is 11.9 Å². The fraction of sp³-hybridized carbons (Fsp3) is 0.625. The molecule has 1 aliphatic heterocycles. The van der Waals surface area contributed by atoms with E-state index in [-0.39, 0.29) is 12.0 Å². The number of esters is 1. The van der Waals surface area contributed by atoms with E-state index in [1.54, 1.807) is 6.08 Å². The Morgan fingerprint density at radius 3 is 3.18 bits per heavy atom. The van der Waals surface area contributed by atoms with Gasteiger partial charge in [0, 0.05) is 6.54 Å². The van der Waals surface area contributed by atoms with Crippen LogP contribution >= 0.6 is 0 Å². The molecule has 1 aliphatic rings. The van der Waals surface area contributed by atoms with Crippen LogP contribution in [0, 0.1) is 0 Å². The van der Waals surface area contributed by atoms with Gasteiger partial charge in [-0.15, -0.1) is 0 Å². The third kappa shape index (κ3) is 2.35. The molecule has 0 bridgehead atoms. The molecule has 0 N–H and O–H groups in total. The molecule has 0 saturated carbocycles. The van der Waals surface area contributed by atoms with Gasteiger partial charge in [0.25, 0.3) is 0 Å². The van der Waals surface area contributed by atoms with Gasteiger partial charge >= 0.3 is 5.97 Å². The monoisotopic (exact) mass is 154 g/mol. The van der Waals surface area contributed by atoms with Crippen LogP contribution in [0.15, 0.2) is 12.7 Å². The molecule has 3 heteroatoms. The number of hydrogen-bond acceptors (Lipinski definition) is 2. The topological polar surface area (TPSA) is 40.4 Å². The molecule has 1 fully saturated rings. The van der Waals surface area contributed by atoms with Gasteiger partial charge in [-0.25, -0.2) is 5.32 Å². The Morgan fingerprint density at radius 1 is 1.82 bits per heavy atom. The van der Waals surface area contributed by atoms with E-state index < -0.39 is 0 Å². The summed E-state index contributed by atoms with van der Waals surface area (Å²) in [5.74, 6) is -0.206. The molecule has 0 aromatic carbocycles. The summed E-state index contributed by atoms with van der Waals surface area (Å²) < 4.78 is 4.82. The lowest BCUT2D eigenvalue weighted by Gasteiger charge is -2.06. The molecule has 11 heavy (non-hydrogen) atoms. The van der Waals surface area contributed by atoms with Gasteiger partial charge in [0.15, 0.2) is 0 Å². The summed E-state index contributed by atoms with van der Waals surface area (Å²) >= 11 is 0. The standard InChI is InChI=1S/C8H12NO2/c1-2-6-11-8(10)7-4-3-5-9-7/h2,7H,1,3-6H2. The summed E-state index contributed by atoms with van der Waals surface area (Å²) in [6.07, 6.45) is 3.41. The average Bonchev–Trinajstić information content (AvgIpc) is 2.52. The van der Waals surface area contributed by atoms with Crippen molar-refractivity contribution in [1.29, 1.82) is 0 Å². The highest BCUT2D eigenvalue weighted by molar-refractivity contribution is 5.76. The zero-order valence-electron chi connectivity index (χ0n) is 6.45. The van der Waals surface area contributed by atoms with E-state index in [4.69, 9.17) is 4.74 Å². The molecule has 1 atom stereocenters. The number of rotatable bonds is 3. The maximum absolute atomic E-state index is 11.0. The first-order valence-electron chi connectivity index (χ1n) is 3.78. The van der Waals surface area contributed by atoms with Crippen LogP contribution in [-0.2, 0) is 9.53 Å². The van der Waals surface area contributed by atoms with Gasteiger partial charge in [-0.2, -0.15) is 0 Å². The van der Waals surface area contributed by atoms with Crippen molar-refractivity contribution in [2.45, 2.75) is 18.9 Å². The van der Waals surface area contributed by atoms with Gasteiger partial charge in [-0.1, -0.05) is 12.7 Å². The van der Waals surface area contributed by atoms with Crippen molar-refractivity contribution in [2.24, 2.45) is 0 Å². The second kappa shape index (κ2) is 4.13. The normalized spacial score (nSPS) is 23.1. The van der Waals surface area contributed by atoms with Crippen molar-refractivity contribution >= 4 is 5.97 Å². The molecular weight excluding hydrogens is 142 g/mol. The number of hydrogen-bond donors (Lipinski definition) is 0. The Labute approximate surface area is 66.4 Å². The molecule has 0 aromatic rings. The third-order valence-corrected chi connectivity index (χ3v) is 1.60. The molecule has 1 saturated heterocycles. The largest absolute Gasteiger partial charge is 0.460 e. The second-order valence-corrected chi connectivity index (χ2v) is 2.48. The first-order chi connectivity index (χ1) is 5.34.